The molecular formula is C32H41BrCl2N2O4. The molecule has 0 amide bonds. The highest BCUT2D eigenvalue weighted by molar-refractivity contribution is 9.10. The Balaban J connectivity index is 0. The van der Waals surface area contributed by atoms with Crippen molar-refractivity contribution in [2.75, 3.05) is 5.73 Å². The van der Waals surface area contributed by atoms with Crippen LogP contribution < -0.4 is 15.2 Å². The number of rotatable bonds is 5. The van der Waals surface area contributed by atoms with Crippen LogP contribution in [0.1, 0.15) is 48.2 Å². The predicted molar refractivity (Wildman–Crippen MR) is 180 cm³/mol. The summed E-state index contributed by atoms with van der Waals surface area (Å²) < 4.78 is 12.4. The van der Waals surface area contributed by atoms with Crippen LogP contribution in [0.25, 0.3) is 0 Å². The van der Waals surface area contributed by atoms with Gasteiger partial charge < -0.3 is 20.0 Å². The normalized spacial score (nSPS) is 9.76. The molecule has 224 valence electrons. The molecule has 9 heteroatoms. The van der Waals surface area contributed by atoms with Gasteiger partial charge in [-0.3, -0.25) is 0 Å². The Hall–Kier alpha value is -3.26. The molecule has 0 spiro atoms. The van der Waals surface area contributed by atoms with Crippen molar-refractivity contribution >= 4 is 44.8 Å². The Kier molecular flexibility index (Phi) is 16.8. The molecule has 2 N–H and O–H groups in total. The summed E-state index contributed by atoms with van der Waals surface area (Å²) in [6.45, 7) is 9.25. The molecule has 0 atom stereocenters. The van der Waals surface area contributed by atoms with Crippen molar-refractivity contribution in [1.29, 1.82) is 0 Å². The van der Waals surface area contributed by atoms with E-state index in [1.165, 1.54) is 0 Å². The fourth-order valence-electron chi connectivity index (χ4n) is 2.78. The maximum Gasteiger partial charge on any atom is 0.155 e. The zero-order chi connectivity index (χ0) is 29.0. The second-order valence-electron chi connectivity index (χ2n) is 9.32. The van der Waals surface area contributed by atoms with Gasteiger partial charge in [-0.2, -0.15) is 0 Å². The van der Waals surface area contributed by atoms with Crippen LogP contribution in [0.15, 0.2) is 94.7 Å². The maximum atomic E-state index is 9.35. The van der Waals surface area contributed by atoms with Gasteiger partial charge in [0, 0.05) is 21.6 Å². The largest absolute Gasteiger partial charge is 0.457 e. The molecule has 0 aromatic heterocycles. The van der Waals surface area contributed by atoms with E-state index in [9.17, 15) is 4.91 Å². The van der Waals surface area contributed by atoms with Gasteiger partial charge in [-0.15, -0.1) is 4.91 Å². The lowest BCUT2D eigenvalue weighted by Gasteiger charge is -2.11. The summed E-state index contributed by atoms with van der Waals surface area (Å²) in [4.78, 5) is 13.6. The second-order valence-corrected chi connectivity index (χ2v) is 11.0. The number of anilines is 1. The van der Waals surface area contributed by atoms with Gasteiger partial charge in [0.05, 0.1) is 0 Å². The van der Waals surface area contributed by atoms with E-state index in [1.54, 1.807) is 32.9 Å². The third-order valence-corrected chi connectivity index (χ3v) is 6.17. The molecule has 0 saturated carbocycles. The number of ether oxygens (including phenoxy) is 2. The highest BCUT2D eigenvalue weighted by Gasteiger charge is 2.09. The molecule has 0 fully saturated rings. The van der Waals surface area contributed by atoms with E-state index >= 15 is 0 Å². The SMILES string of the molecule is C.C.CC(C)(C)ON=O.Cc1cc(Oc2ccc(Cl)cc2)ccc1Br.Cc1cc(Oc2ccc(Cl)cc2)ccc1N.[2HH]. The molecule has 0 bridgehead atoms. The molecule has 41 heavy (non-hydrogen) atoms. The van der Waals surface area contributed by atoms with Crippen LogP contribution >= 0.6 is 39.1 Å². The van der Waals surface area contributed by atoms with Gasteiger partial charge in [0.25, 0.3) is 0 Å². The summed E-state index contributed by atoms with van der Waals surface area (Å²) in [6, 6.07) is 26.0. The minimum absolute atomic E-state index is 0. The first kappa shape index (κ1) is 37.7. The molecule has 4 aromatic rings. The van der Waals surface area contributed by atoms with E-state index in [4.69, 9.17) is 38.4 Å². The van der Waals surface area contributed by atoms with Gasteiger partial charge >= 0.3 is 0 Å². The topological polar surface area (TPSA) is 83.1 Å². The van der Waals surface area contributed by atoms with Gasteiger partial charge in [0.15, 0.2) is 5.34 Å². The standard InChI is InChI=1S/C13H10BrClO.C13H12ClNO.C4H9NO2.2CH4.H2/c1-9-8-12(6-7-13(9)14)16-11-4-2-10(15)3-5-11;1-9-8-12(6-7-13(9)15)16-11-4-2-10(14)3-5-11;1-4(2,3)7-5-6;;;/h2-8H,1H3;2-8H,15H2,1H3;1-3H3;2*1H4;1H/i;;;;;1+1. The van der Waals surface area contributed by atoms with Gasteiger partial charge in [0.2, 0.25) is 0 Å². The third-order valence-electron chi connectivity index (χ3n) is 4.78. The number of nitrogen functional groups attached to an aromatic ring is 1. The molecule has 4 aromatic carbocycles. The molecule has 0 heterocycles. The number of hydrogen-bond acceptors (Lipinski definition) is 6. The highest BCUT2D eigenvalue weighted by atomic mass is 79.9. The molecule has 0 saturated heterocycles. The van der Waals surface area contributed by atoms with Crippen LogP contribution in [0.3, 0.4) is 0 Å². The lowest BCUT2D eigenvalue weighted by atomic mass is 10.2. The van der Waals surface area contributed by atoms with Crippen molar-refractivity contribution < 1.29 is 15.7 Å². The van der Waals surface area contributed by atoms with Gasteiger partial charge in [-0.05, 0) is 131 Å². The number of nitrogens with zero attached hydrogens (tertiary/aromatic N) is 1. The zero-order valence-corrected chi connectivity index (χ0v) is 25.5. The lowest BCUT2D eigenvalue weighted by molar-refractivity contribution is -0.00229. The number of halogens is 3. The van der Waals surface area contributed by atoms with Crippen molar-refractivity contribution in [2.45, 2.75) is 55.1 Å². The van der Waals surface area contributed by atoms with Crippen molar-refractivity contribution in [3.05, 3.63) is 115 Å². The Labute approximate surface area is 264 Å². The van der Waals surface area contributed by atoms with Crippen molar-refractivity contribution in [3.63, 3.8) is 0 Å². The van der Waals surface area contributed by atoms with E-state index in [1.807, 2.05) is 86.6 Å². The molecule has 4 rings (SSSR count). The first-order chi connectivity index (χ1) is 18.4. The van der Waals surface area contributed by atoms with Crippen LogP contribution in [0.4, 0.5) is 5.69 Å². The molecule has 0 aliphatic carbocycles. The quantitative estimate of drug-likeness (QED) is 0.130. The summed E-state index contributed by atoms with van der Waals surface area (Å²) in [5.41, 5.74) is 8.22. The second kappa shape index (κ2) is 18.2. The summed E-state index contributed by atoms with van der Waals surface area (Å²) in [5.74, 6) is 3.14. The Morgan fingerprint density at radius 2 is 1.10 bits per heavy atom. The van der Waals surface area contributed by atoms with E-state index in [-0.39, 0.29) is 16.3 Å². The summed E-state index contributed by atoms with van der Waals surface area (Å²) in [7, 11) is 0. The lowest BCUT2D eigenvalue weighted by Crippen LogP contribution is -2.14. The van der Waals surface area contributed by atoms with E-state index in [0.29, 0.717) is 10.0 Å². The molecule has 0 aliphatic rings. The third kappa shape index (κ3) is 14.8. The first-order valence-corrected chi connectivity index (χ1v) is 13.4. The molecule has 0 aliphatic heterocycles. The average Bonchev–Trinajstić information content (AvgIpc) is 2.87. The monoisotopic (exact) mass is 667 g/mol. The minimum Gasteiger partial charge on any atom is -0.457 e. The average molecular weight is 670 g/mol. The summed E-state index contributed by atoms with van der Waals surface area (Å²) in [5, 5.41) is 3.66. The van der Waals surface area contributed by atoms with Crippen LogP contribution in [0, 0.1) is 18.8 Å². The molecule has 0 radical (unpaired) electrons. The molecule has 0 unspecified atom stereocenters. The fourth-order valence-corrected chi connectivity index (χ4v) is 3.28. The number of nitrogens with two attached hydrogens (primary N) is 1. The van der Waals surface area contributed by atoms with Crippen molar-refractivity contribution in [3.8, 4) is 23.0 Å². The van der Waals surface area contributed by atoms with Crippen molar-refractivity contribution in [1.82, 2.24) is 0 Å². The van der Waals surface area contributed by atoms with Gasteiger partial charge in [-0.1, -0.05) is 54.0 Å². The van der Waals surface area contributed by atoms with E-state index in [2.05, 4.69) is 26.1 Å². The number of hydrogen-bond donors (Lipinski definition) is 1. The van der Waals surface area contributed by atoms with Crippen molar-refractivity contribution in [2.24, 2.45) is 5.34 Å². The Morgan fingerprint density at radius 1 is 0.707 bits per heavy atom. The van der Waals surface area contributed by atoms with E-state index in [0.717, 1.165) is 44.3 Å². The Morgan fingerprint density at radius 3 is 1.44 bits per heavy atom. The molecular weight excluding hydrogens is 627 g/mol. The highest BCUT2D eigenvalue weighted by Crippen LogP contribution is 2.27. The van der Waals surface area contributed by atoms with Crippen LogP contribution in [-0.4, -0.2) is 5.60 Å². The number of benzene rings is 4. The maximum absolute atomic E-state index is 9.35. The van der Waals surface area contributed by atoms with Gasteiger partial charge in [0.1, 0.15) is 28.6 Å². The Bertz CT molecular complexity index is 1260. The zero-order valence-electron chi connectivity index (χ0n) is 22.4. The molecule has 6 nitrogen and oxygen atoms in total. The van der Waals surface area contributed by atoms with Gasteiger partial charge in [-0.25, -0.2) is 0 Å². The smallest absolute Gasteiger partial charge is 0.155 e. The fraction of sp³-hybridized carbons (Fsp3) is 0.250. The minimum atomic E-state index is -0.429. The first-order valence-electron chi connectivity index (χ1n) is 11.9. The van der Waals surface area contributed by atoms with Crippen LogP contribution in [-0.2, 0) is 4.84 Å². The summed E-state index contributed by atoms with van der Waals surface area (Å²) in [6.07, 6.45) is 0. The van der Waals surface area contributed by atoms with Crippen LogP contribution in [0.2, 0.25) is 10.0 Å². The van der Waals surface area contributed by atoms with Crippen LogP contribution in [0.5, 0.6) is 23.0 Å². The summed E-state index contributed by atoms with van der Waals surface area (Å²) >= 11 is 15.0. The number of aryl methyl sites for hydroxylation is 2. The predicted octanol–water partition coefficient (Wildman–Crippen LogP) is 12.2. The van der Waals surface area contributed by atoms with E-state index < -0.39 is 5.60 Å².